The molecule has 1 aliphatic rings. The number of unbranched alkanes of at least 4 members (excludes halogenated alkanes) is 2. The minimum atomic E-state index is -0.0873. The van der Waals surface area contributed by atoms with E-state index in [1.165, 1.54) is 25.7 Å². The van der Waals surface area contributed by atoms with Crippen molar-refractivity contribution < 1.29 is 9.84 Å². The summed E-state index contributed by atoms with van der Waals surface area (Å²) < 4.78 is 5.90. The summed E-state index contributed by atoms with van der Waals surface area (Å²) in [6.07, 6.45) is 5.31. The fourth-order valence-electron chi connectivity index (χ4n) is 3.38. The van der Waals surface area contributed by atoms with Crippen molar-refractivity contribution in [2.75, 3.05) is 19.6 Å². The summed E-state index contributed by atoms with van der Waals surface area (Å²) in [7, 11) is 0. The van der Waals surface area contributed by atoms with Gasteiger partial charge in [-0.05, 0) is 44.5 Å². The maximum absolute atomic E-state index is 9.34. The molecule has 5 nitrogen and oxygen atoms in total. The molecular weight excluding hydrogens is 302 g/mol. The average molecular weight is 335 g/mol. The van der Waals surface area contributed by atoms with Crippen molar-refractivity contribution in [2.45, 2.75) is 64.9 Å². The van der Waals surface area contributed by atoms with Crippen LogP contribution in [-0.2, 0) is 0 Å². The molecule has 2 rings (SSSR count). The molecule has 1 heterocycles. The Morgan fingerprint density at radius 1 is 1.29 bits per heavy atom. The van der Waals surface area contributed by atoms with Gasteiger partial charge in [0.15, 0.2) is 0 Å². The second-order valence-corrected chi connectivity index (χ2v) is 6.69. The van der Waals surface area contributed by atoms with E-state index in [1.54, 1.807) is 24.3 Å². The lowest BCUT2D eigenvalue weighted by atomic mass is 10.0. The first kappa shape index (κ1) is 19.0. The normalized spacial score (nSPS) is 21.4. The van der Waals surface area contributed by atoms with Crippen molar-refractivity contribution in [1.29, 1.82) is 0 Å². The Hall–Kier alpha value is -1.30. The van der Waals surface area contributed by atoms with Crippen LogP contribution >= 0.6 is 0 Å². The molecule has 0 aliphatic carbocycles. The zero-order valence-electron chi connectivity index (χ0n) is 15.3. The van der Waals surface area contributed by atoms with Crippen molar-refractivity contribution >= 4 is 0 Å². The van der Waals surface area contributed by atoms with Gasteiger partial charge in [-0.15, -0.1) is 0 Å². The van der Waals surface area contributed by atoms with E-state index in [4.69, 9.17) is 4.74 Å². The number of nitrogens with zero attached hydrogens (tertiary/aromatic N) is 1. The quantitative estimate of drug-likeness (QED) is 0.478. The SMILES string of the molecule is CCCCCC1CNCCN1C(C)NC(C)Oc1ccc(O)cc1. The van der Waals surface area contributed by atoms with E-state index in [-0.39, 0.29) is 18.1 Å². The Kier molecular flexibility index (Phi) is 7.82. The van der Waals surface area contributed by atoms with Crippen molar-refractivity contribution in [3.05, 3.63) is 24.3 Å². The molecule has 0 spiro atoms. The second kappa shape index (κ2) is 9.87. The first-order valence-electron chi connectivity index (χ1n) is 9.28. The zero-order chi connectivity index (χ0) is 17.4. The number of phenols is 1. The van der Waals surface area contributed by atoms with Gasteiger partial charge < -0.3 is 15.2 Å². The van der Waals surface area contributed by atoms with Crippen molar-refractivity contribution in [1.82, 2.24) is 15.5 Å². The Morgan fingerprint density at radius 3 is 2.75 bits per heavy atom. The summed E-state index contributed by atoms with van der Waals surface area (Å²) in [5.74, 6) is 1.02. The summed E-state index contributed by atoms with van der Waals surface area (Å²) in [5, 5.41) is 16.4. The predicted molar refractivity (Wildman–Crippen MR) is 98.3 cm³/mol. The fourth-order valence-corrected chi connectivity index (χ4v) is 3.38. The van der Waals surface area contributed by atoms with Crippen LogP contribution in [0.15, 0.2) is 24.3 Å². The van der Waals surface area contributed by atoms with Crippen LogP contribution in [0.4, 0.5) is 0 Å². The molecule has 3 N–H and O–H groups in total. The van der Waals surface area contributed by atoms with Crippen LogP contribution < -0.4 is 15.4 Å². The average Bonchev–Trinajstić information content (AvgIpc) is 2.57. The summed E-state index contributed by atoms with van der Waals surface area (Å²) in [6.45, 7) is 9.68. The third-order valence-corrected chi connectivity index (χ3v) is 4.66. The van der Waals surface area contributed by atoms with E-state index >= 15 is 0 Å². The largest absolute Gasteiger partial charge is 0.508 e. The number of piperazine rings is 1. The van der Waals surface area contributed by atoms with Gasteiger partial charge in [0.25, 0.3) is 0 Å². The molecule has 3 unspecified atom stereocenters. The van der Waals surface area contributed by atoms with E-state index in [0.717, 1.165) is 25.4 Å². The highest BCUT2D eigenvalue weighted by Gasteiger charge is 2.26. The molecule has 136 valence electrons. The molecule has 0 aromatic heterocycles. The monoisotopic (exact) mass is 335 g/mol. The Labute approximate surface area is 146 Å². The highest BCUT2D eigenvalue weighted by Crippen LogP contribution is 2.18. The van der Waals surface area contributed by atoms with Crippen LogP contribution in [0.5, 0.6) is 11.5 Å². The van der Waals surface area contributed by atoms with E-state index in [1.807, 2.05) is 6.92 Å². The van der Waals surface area contributed by atoms with Crippen LogP contribution in [0.2, 0.25) is 0 Å². The van der Waals surface area contributed by atoms with Crippen LogP contribution in [0.25, 0.3) is 0 Å². The van der Waals surface area contributed by atoms with Gasteiger partial charge in [0.2, 0.25) is 0 Å². The van der Waals surface area contributed by atoms with E-state index in [9.17, 15) is 5.11 Å². The highest BCUT2D eigenvalue weighted by atomic mass is 16.5. The number of phenolic OH excluding ortho intramolecular Hbond substituents is 1. The van der Waals surface area contributed by atoms with Crippen molar-refractivity contribution in [3.8, 4) is 11.5 Å². The second-order valence-electron chi connectivity index (χ2n) is 6.69. The summed E-state index contributed by atoms with van der Waals surface area (Å²) in [6, 6.07) is 7.46. The molecule has 0 saturated carbocycles. The molecular formula is C19H33N3O2. The lowest BCUT2D eigenvalue weighted by molar-refractivity contribution is 0.0514. The lowest BCUT2D eigenvalue weighted by Gasteiger charge is -2.41. The summed E-state index contributed by atoms with van der Waals surface area (Å²) in [5.41, 5.74) is 0. The standard InChI is InChI=1S/C19H33N3O2/c1-4-5-6-7-17-14-20-12-13-22(17)15(2)21-16(3)24-19-10-8-18(23)9-11-19/h8-11,15-17,20-21,23H,4-7,12-14H2,1-3H3. The van der Waals surface area contributed by atoms with Gasteiger partial charge in [0, 0.05) is 25.7 Å². The molecule has 0 radical (unpaired) electrons. The number of benzene rings is 1. The van der Waals surface area contributed by atoms with E-state index in [2.05, 4.69) is 29.4 Å². The maximum atomic E-state index is 9.34. The summed E-state index contributed by atoms with van der Waals surface area (Å²) >= 11 is 0. The minimum Gasteiger partial charge on any atom is -0.508 e. The number of hydrogen-bond acceptors (Lipinski definition) is 5. The van der Waals surface area contributed by atoms with E-state index < -0.39 is 0 Å². The number of aromatic hydroxyl groups is 1. The topological polar surface area (TPSA) is 56.8 Å². The number of nitrogens with one attached hydrogen (secondary N) is 2. The highest BCUT2D eigenvalue weighted by molar-refractivity contribution is 5.30. The molecule has 1 aliphatic heterocycles. The molecule has 1 saturated heterocycles. The van der Waals surface area contributed by atoms with Gasteiger partial charge in [0.1, 0.15) is 17.7 Å². The van der Waals surface area contributed by atoms with Gasteiger partial charge in [-0.3, -0.25) is 10.2 Å². The fraction of sp³-hybridized carbons (Fsp3) is 0.684. The lowest BCUT2D eigenvalue weighted by Crippen LogP contribution is -2.59. The van der Waals surface area contributed by atoms with Crippen LogP contribution in [0, 0.1) is 0 Å². The van der Waals surface area contributed by atoms with Gasteiger partial charge in [-0.2, -0.15) is 0 Å². The first-order valence-corrected chi connectivity index (χ1v) is 9.28. The van der Waals surface area contributed by atoms with Gasteiger partial charge in [-0.25, -0.2) is 0 Å². The van der Waals surface area contributed by atoms with Crippen molar-refractivity contribution in [2.24, 2.45) is 0 Å². The van der Waals surface area contributed by atoms with Gasteiger partial charge in [0.05, 0.1) is 6.17 Å². The molecule has 1 aromatic carbocycles. The van der Waals surface area contributed by atoms with Crippen LogP contribution in [0.1, 0.15) is 46.5 Å². The number of rotatable bonds is 9. The zero-order valence-corrected chi connectivity index (χ0v) is 15.3. The smallest absolute Gasteiger partial charge is 0.148 e. The summed E-state index contributed by atoms with van der Waals surface area (Å²) in [4.78, 5) is 2.56. The van der Waals surface area contributed by atoms with Crippen molar-refractivity contribution in [3.63, 3.8) is 0 Å². The third-order valence-electron chi connectivity index (χ3n) is 4.66. The number of ether oxygens (including phenoxy) is 1. The number of hydrogen-bond donors (Lipinski definition) is 3. The Balaban J connectivity index is 1.83. The van der Waals surface area contributed by atoms with Gasteiger partial charge >= 0.3 is 0 Å². The Morgan fingerprint density at radius 2 is 2.04 bits per heavy atom. The van der Waals surface area contributed by atoms with Crippen LogP contribution in [-0.4, -0.2) is 48.1 Å². The Bertz CT molecular complexity index is 466. The van der Waals surface area contributed by atoms with E-state index in [0.29, 0.717) is 6.04 Å². The van der Waals surface area contributed by atoms with Crippen LogP contribution in [0.3, 0.4) is 0 Å². The predicted octanol–water partition coefficient (Wildman–Crippen LogP) is 2.91. The molecule has 3 atom stereocenters. The maximum Gasteiger partial charge on any atom is 0.148 e. The molecule has 0 bridgehead atoms. The first-order chi connectivity index (χ1) is 11.6. The van der Waals surface area contributed by atoms with Gasteiger partial charge in [-0.1, -0.05) is 26.2 Å². The molecule has 0 amide bonds. The molecule has 24 heavy (non-hydrogen) atoms. The third kappa shape index (κ3) is 5.96. The molecule has 1 fully saturated rings. The minimum absolute atomic E-state index is 0.0873. The molecule has 5 heteroatoms. The molecule has 1 aromatic rings.